The summed E-state index contributed by atoms with van der Waals surface area (Å²) in [5.74, 6) is 0.296. The number of likely N-dealkylation sites (tertiary alicyclic amines) is 1. The number of carbonyl (C=O) groups excluding carboxylic acids is 1. The fourth-order valence-corrected chi connectivity index (χ4v) is 4.83. The van der Waals surface area contributed by atoms with Crippen LogP contribution in [0.2, 0.25) is 0 Å². The normalized spacial score (nSPS) is 14.4. The van der Waals surface area contributed by atoms with Gasteiger partial charge in [-0.05, 0) is 57.1 Å². The summed E-state index contributed by atoms with van der Waals surface area (Å²) in [7, 11) is 0. The second-order valence-electron chi connectivity index (χ2n) is 8.30. The zero-order chi connectivity index (χ0) is 20.5. The van der Waals surface area contributed by atoms with Crippen molar-refractivity contribution in [2.24, 2.45) is 0 Å². The summed E-state index contributed by atoms with van der Waals surface area (Å²) in [4.78, 5) is 17.9. The van der Waals surface area contributed by atoms with Gasteiger partial charge in [0.15, 0.2) is 0 Å². The molecule has 1 N–H and O–H groups in total. The van der Waals surface area contributed by atoms with Crippen molar-refractivity contribution in [2.45, 2.75) is 51.4 Å². The molecule has 3 nitrogen and oxygen atoms in total. The average molecular weight is 473 g/mol. The number of amides is 1. The average Bonchev–Trinajstić information content (AvgIpc) is 2.81. The SMILES string of the molecule is CC[NH+](CC)CCCC(C(=O)N1CCCCC1)(c1ccccc1)c1ccccc1.[Br-]. The summed E-state index contributed by atoms with van der Waals surface area (Å²) in [6.45, 7) is 9.67. The zero-order valence-corrected chi connectivity index (χ0v) is 20.2. The molecule has 2 aromatic rings. The Hall–Kier alpha value is -1.65. The first-order valence-corrected chi connectivity index (χ1v) is 11.5. The largest absolute Gasteiger partial charge is 1.00 e. The van der Waals surface area contributed by atoms with Crippen molar-refractivity contribution in [3.05, 3.63) is 71.8 Å². The van der Waals surface area contributed by atoms with Crippen LogP contribution in [0.1, 0.15) is 57.1 Å². The molecule has 3 rings (SSSR count). The van der Waals surface area contributed by atoms with Crippen LogP contribution in [-0.2, 0) is 10.2 Å². The van der Waals surface area contributed by atoms with Gasteiger partial charge >= 0.3 is 0 Å². The Labute approximate surface area is 193 Å². The van der Waals surface area contributed by atoms with Crippen LogP contribution in [0.25, 0.3) is 0 Å². The number of nitrogens with one attached hydrogen (secondary N) is 1. The molecule has 30 heavy (non-hydrogen) atoms. The van der Waals surface area contributed by atoms with Crippen molar-refractivity contribution in [3.63, 3.8) is 0 Å². The molecular formula is C26H37BrN2O. The summed E-state index contributed by atoms with van der Waals surface area (Å²) in [6.07, 6.45) is 5.38. The van der Waals surface area contributed by atoms with Crippen molar-refractivity contribution < 1.29 is 26.7 Å². The second-order valence-corrected chi connectivity index (χ2v) is 8.30. The molecule has 0 saturated carbocycles. The predicted octanol–water partition coefficient (Wildman–Crippen LogP) is 0.694. The third-order valence-corrected chi connectivity index (χ3v) is 6.62. The Morgan fingerprint density at radius 3 is 1.83 bits per heavy atom. The lowest BCUT2D eigenvalue weighted by Gasteiger charge is -2.40. The van der Waals surface area contributed by atoms with Gasteiger partial charge < -0.3 is 26.8 Å². The highest BCUT2D eigenvalue weighted by Gasteiger charge is 2.44. The lowest BCUT2D eigenvalue weighted by molar-refractivity contribution is -0.896. The highest BCUT2D eigenvalue weighted by molar-refractivity contribution is 5.92. The molecule has 0 atom stereocenters. The number of halogens is 1. The van der Waals surface area contributed by atoms with Crippen LogP contribution in [0.4, 0.5) is 0 Å². The molecule has 4 heteroatoms. The summed E-state index contributed by atoms with van der Waals surface area (Å²) >= 11 is 0. The number of rotatable bonds is 9. The van der Waals surface area contributed by atoms with Crippen LogP contribution in [0.15, 0.2) is 60.7 Å². The Kier molecular flexibility index (Phi) is 10.1. The topological polar surface area (TPSA) is 24.8 Å². The summed E-state index contributed by atoms with van der Waals surface area (Å²) in [5.41, 5.74) is 1.68. The van der Waals surface area contributed by atoms with Crippen molar-refractivity contribution in [3.8, 4) is 0 Å². The highest BCUT2D eigenvalue weighted by Crippen LogP contribution is 2.39. The molecule has 1 fully saturated rings. The zero-order valence-electron chi connectivity index (χ0n) is 18.6. The molecule has 0 spiro atoms. The van der Waals surface area contributed by atoms with Gasteiger partial charge in [-0.3, -0.25) is 4.79 Å². The number of nitrogens with zero attached hydrogens (tertiary/aromatic N) is 1. The van der Waals surface area contributed by atoms with Gasteiger partial charge in [-0.25, -0.2) is 0 Å². The van der Waals surface area contributed by atoms with Gasteiger partial charge in [0.25, 0.3) is 0 Å². The van der Waals surface area contributed by atoms with E-state index < -0.39 is 5.41 Å². The first-order chi connectivity index (χ1) is 14.2. The quantitative estimate of drug-likeness (QED) is 0.570. The number of benzene rings is 2. The van der Waals surface area contributed by atoms with Gasteiger partial charge in [0, 0.05) is 13.1 Å². The van der Waals surface area contributed by atoms with E-state index in [1.807, 2.05) is 12.1 Å². The minimum absolute atomic E-state index is 0. The molecule has 0 unspecified atom stereocenters. The summed E-state index contributed by atoms with van der Waals surface area (Å²) in [5, 5.41) is 0. The van der Waals surface area contributed by atoms with Crippen LogP contribution >= 0.6 is 0 Å². The minimum Gasteiger partial charge on any atom is -1.00 e. The van der Waals surface area contributed by atoms with Crippen LogP contribution < -0.4 is 21.9 Å². The monoisotopic (exact) mass is 472 g/mol. The molecule has 1 aliphatic heterocycles. The molecule has 1 amide bonds. The van der Waals surface area contributed by atoms with Crippen LogP contribution in [-0.4, -0.2) is 43.5 Å². The van der Waals surface area contributed by atoms with Gasteiger partial charge in [0.05, 0.1) is 25.0 Å². The van der Waals surface area contributed by atoms with Gasteiger partial charge in [-0.15, -0.1) is 0 Å². The van der Waals surface area contributed by atoms with E-state index in [0.717, 1.165) is 69.5 Å². The summed E-state index contributed by atoms with van der Waals surface area (Å²) in [6, 6.07) is 21.0. The van der Waals surface area contributed by atoms with Crippen molar-refractivity contribution in [1.29, 1.82) is 0 Å². The lowest BCUT2D eigenvalue weighted by atomic mass is 9.70. The maximum Gasteiger partial charge on any atom is 0.237 e. The van der Waals surface area contributed by atoms with E-state index in [2.05, 4.69) is 67.3 Å². The summed E-state index contributed by atoms with van der Waals surface area (Å²) < 4.78 is 0. The van der Waals surface area contributed by atoms with Crippen molar-refractivity contribution in [2.75, 3.05) is 32.7 Å². The first-order valence-electron chi connectivity index (χ1n) is 11.5. The fourth-order valence-electron chi connectivity index (χ4n) is 4.83. The molecule has 2 aromatic carbocycles. The standard InChI is InChI=1S/C26H36N2O.BrH/c1-3-27(4-2)20-14-19-26(23-15-8-5-9-16-23,24-17-10-6-11-18-24)25(29)28-21-12-7-13-22-28;/h5-6,8-11,15-18H,3-4,7,12-14,19-22H2,1-2H3;1H. The number of piperidine rings is 1. The number of carbonyl (C=O) groups is 1. The lowest BCUT2D eigenvalue weighted by Crippen LogP contribution is -3.11. The number of hydrogen-bond acceptors (Lipinski definition) is 1. The van der Waals surface area contributed by atoms with Crippen LogP contribution in [0, 0.1) is 0 Å². The Morgan fingerprint density at radius 2 is 1.37 bits per heavy atom. The third kappa shape index (κ3) is 5.53. The molecule has 1 saturated heterocycles. The van der Waals surface area contributed by atoms with E-state index in [9.17, 15) is 4.79 Å². The molecular weight excluding hydrogens is 436 g/mol. The first kappa shape index (κ1) is 24.6. The molecule has 0 bridgehead atoms. The van der Waals surface area contributed by atoms with E-state index in [0.29, 0.717) is 5.91 Å². The highest BCUT2D eigenvalue weighted by atomic mass is 79.9. The van der Waals surface area contributed by atoms with Gasteiger partial charge in [0.2, 0.25) is 5.91 Å². The van der Waals surface area contributed by atoms with Gasteiger partial charge in [-0.1, -0.05) is 60.7 Å². The maximum atomic E-state index is 14.2. The van der Waals surface area contributed by atoms with Crippen LogP contribution in [0.3, 0.4) is 0 Å². The van der Waals surface area contributed by atoms with E-state index in [1.165, 1.54) is 6.42 Å². The number of hydrogen-bond donors (Lipinski definition) is 1. The Bertz CT molecular complexity index is 701. The van der Waals surface area contributed by atoms with Crippen LogP contribution in [0.5, 0.6) is 0 Å². The van der Waals surface area contributed by atoms with E-state index >= 15 is 0 Å². The smallest absolute Gasteiger partial charge is 0.237 e. The minimum atomic E-state index is -0.591. The predicted molar refractivity (Wildman–Crippen MR) is 120 cm³/mol. The van der Waals surface area contributed by atoms with Crippen molar-refractivity contribution in [1.82, 2.24) is 4.90 Å². The Balaban J connectivity index is 0.00000320. The molecule has 0 aliphatic carbocycles. The third-order valence-electron chi connectivity index (χ3n) is 6.62. The maximum absolute atomic E-state index is 14.2. The fraction of sp³-hybridized carbons (Fsp3) is 0.500. The molecule has 164 valence electrons. The molecule has 1 aliphatic rings. The van der Waals surface area contributed by atoms with Gasteiger partial charge in [0.1, 0.15) is 0 Å². The van der Waals surface area contributed by atoms with Crippen molar-refractivity contribution >= 4 is 5.91 Å². The van der Waals surface area contributed by atoms with E-state index in [4.69, 9.17) is 0 Å². The number of quaternary nitrogens is 1. The van der Waals surface area contributed by atoms with Gasteiger partial charge in [-0.2, -0.15) is 0 Å². The Morgan fingerprint density at radius 1 is 0.867 bits per heavy atom. The second kappa shape index (κ2) is 12.3. The molecule has 1 heterocycles. The molecule has 0 aromatic heterocycles. The van der Waals surface area contributed by atoms with E-state index in [-0.39, 0.29) is 17.0 Å². The molecule has 0 radical (unpaired) electrons. The van der Waals surface area contributed by atoms with E-state index in [1.54, 1.807) is 4.90 Å².